The molecule has 0 saturated heterocycles. The Labute approximate surface area is 125 Å². The number of halogens is 2. The van der Waals surface area contributed by atoms with Crippen LogP contribution < -0.4 is 4.72 Å². The predicted octanol–water partition coefficient (Wildman–Crippen LogP) is 2.95. The van der Waals surface area contributed by atoms with Gasteiger partial charge in [0, 0.05) is 11.8 Å². The second kappa shape index (κ2) is 6.93. The minimum Gasteiger partial charge on any atom is -0.212 e. The lowest BCUT2D eigenvalue weighted by molar-refractivity contribution is 0.498. The standard InChI is InChI=1S/C13H19Cl2NO2S/c1-11(12-6-4-3-5-7-12)8-19(17,18)16-13(2,9-14)10-15/h3-7,11,16H,8-10H2,1-2H3. The molecule has 1 N–H and O–H groups in total. The van der Waals surface area contributed by atoms with Crippen LogP contribution in [0, 0.1) is 0 Å². The van der Waals surface area contributed by atoms with Gasteiger partial charge in [0.05, 0.1) is 11.3 Å². The fourth-order valence-electron chi connectivity index (χ4n) is 1.71. The van der Waals surface area contributed by atoms with Crippen LogP contribution in [0.4, 0.5) is 0 Å². The van der Waals surface area contributed by atoms with Crippen LogP contribution in [0.5, 0.6) is 0 Å². The van der Waals surface area contributed by atoms with E-state index in [2.05, 4.69) is 4.72 Å². The second-order valence-electron chi connectivity index (χ2n) is 5.02. The van der Waals surface area contributed by atoms with Gasteiger partial charge in [-0.1, -0.05) is 37.3 Å². The molecule has 0 aliphatic carbocycles. The molecule has 0 aliphatic heterocycles. The van der Waals surface area contributed by atoms with Crippen molar-refractivity contribution in [2.24, 2.45) is 0 Å². The summed E-state index contributed by atoms with van der Waals surface area (Å²) in [6.07, 6.45) is 0. The van der Waals surface area contributed by atoms with E-state index in [4.69, 9.17) is 23.2 Å². The average molecular weight is 324 g/mol. The number of nitrogens with one attached hydrogen (secondary N) is 1. The van der Waals surface area contributed by atoms with E-state index in [1.54, 1.807) is 6.92 Å². The molecule has 1 aromatic rings. The summed E-state index contributed by atoms with van der Waals surface area (Å²) in [7, 11) is -3.43. The summed E-state index contributed by atoms with van der Waals surface area (Å²) in [5, 5.41) is 0. The minimum atomic E-state index is -3.43. The minimum absolute atomic E-state index is 0.0143. The Morgan fingerprint density at radius 2 is 1.74 bits per heavy atom. The molecule has 1 aromatic carbocycles. The van der Waals surface area contributed by atoms with Gasteiger partial charge >= 0.3 is 0 Å². The maximum absolute atomic E-state index is 12.1. The van der Waals surface area contributed by atoms with E-state index in [1.165, 1.54) is 0 Å². The first-order valence-electron chi connectivity index (χ1n) is 6.00. The van der Waals surface area contributed by atoms with Gasteiger partial charge in [-0.15, -0.1) is 23.2 Å². The van der Waals surface area contributed by atoms with Gasteiger partial charge in [-0.25, -0.2) is 13.1 Å². The summed E-state index contributed by atoms with van der Waals surface area (Å²) in [6, 6.07) is 9.53. The highest BCUT2D eigenvalue weighted by molar-refractivity contribution is 7.89. The fourth-order valence-corrected chi connectivity index (χ4v) is 4.12. The van der Waals surface area contributed by atoms with Crippen LogP contribution in [0.15, 0.2) is 30.3 Å². The highest BCUT2D eigenvalue weighted by atomic mass is 35.5. The Balaban J connectivity index is 2.75. The van der Waals surface area contributed by atoms with E-state index in [-0.39, 0.29) is 23.4 Å². The first kappa shape index (κ1) is 16.8. The molecular formula is C13H19Cl2NO2S. The SMILES string of the molecule is CC(CS(=O)(=O)NC(C)(CCl)CCl)c1ccccc1. The molecule has 1 unspecified atom stereocenters. The van der Waals surface area contributed by atoms with E-state index in [0.29, 0.717) is 0 Å². The van der Waals surface area contributed by atoms with Crippen LogP contribution >= 0.6 is 23.2 Å². The lowest BCUT2D eigenvalue weighted by atomic mass is 10.0. The van der Waals surface area contributed by atoms with Crippen LogP contribution in [-0.2, 0) is 10.0 Å². The summed E-state index contributed by atoms with van der Waals surface area (Å²) in [6.45, 7) is 3.57. The van der Waals surface area contributed by atoms with Crippen molar-refractivity contribution >= 4 is 33.2 Å². The van der Waals surface area contributed by atoms with Crippen molar-refractivity contribution in [3.8, 4) is 0 Å². The van der Waals surface area contributed by atoms with Gasteiger partial charge in [0.2, 0.25) is 10.0 Å². The van der Waals surface area contributed by atoms with Crippen molar-refractivity contribution in [1.29, 1.82) is 0 Å². The van der Waals surface area contributed by atoms with Crippen LogP contribution in [0.2, 0.25) is 0 Å². The van der Waals surface area contributed by atoms with Crippen molar-refractivity contribution < 1.29 is 8.42 Å². The number of hydrogen-bond donors (Lipinski definition) is 1. The third-order valence-corrected chi connectivity index (χ3v) is 5.75. The Morgan fingerprint density at radius 1 is 1.21 bits per heavy atom. The molecule has 6 heteroatoms. The van der Waals surface area contributed by atoms with E-state index >= 15 is 0 Å². The molecule has 0 radical (unpaired) electrons. The molecule has 0 aromatic heterocycles. The molecule has 0 amide bonds. The number of sulfonamides is 1. The van der Waals surface area contributed by atoms with Crippen molar-refractivity contribution in [2.75, 3.05) is 17.5 Å². The van der Waals surface area contributed by atoms with Crippen LogP contribution in [-0.4, -0.2) is 31.5 Å². The maximum Gasteiger partial charge on any atom is 0.212 e. The normalized spacial score (nSPS) is 14.3. The summed E-state index contributed by atoms with van der Waals surface area (Å²) < 4.78 is 26.8. The Bertz CT molecular complexity index is 487. The molecule has 0 heterocycles. The molecule has 19 heavy (non-hydrogen) atoms. The monoisotopic (exact) mass is 323 g/mol. The Morgan fingerprint density at radius 3 is 2.21 bits per heavy atom. The second-order valence-corrected chi connectivity index (χ2v) is 7.32. The third kappa shape index (κ3) is 5.30. The zero-order valence-electron chi connectivity index (χ0n) is 11.1. The summed E-state index contributed by atoms with van der Waals surface area (Å²) in [4.78, 5) is 0. The highest BCUT2D eigenvalue weighted by Gasteiger charge is 2.29. The smallest absolute Gasteiger partial charge is 0.212 e. The van der Waals surface area contributed by atoms with Crippen LogP contribution in [0.3, 0.4) is 0 Å². The van der Waals surface area contributed by atoms with Gasteiger partial charge in [0.15, 0.2) is 0 Å². The van der Waals surface area contributed by atoms with Crippen molar-refractivity contribution in [3.05, 3.63) is 35.9 Å². The average Bonchev–Trinajstić information content (AvgIpc) is 2.38. The molecular weight excluding hydrogens is 305 g/mol. The van der Waals surface area contributed by atoms with E-state index in [1.807, 2.05) is 37.3 Å². The van der Waals surface area contributed by atoms with Gasteiger partial charge in [-0.3, -0.25) is 0 Å². The maximum atomic E-state index is 12.1. The van der Waals surface area contributed by atoms with E-state index < -0.39 is 15.6 Å². The van der Waals surface area contributed by atoms with Crippen molar-refractivity contribution in [3.63, 3.8) is 0 Å². The lowest BCUT2D eigenvalue weighted by Gasteiger charge is -2.26. The molecule has 0 fully saturated rings. The summed E-state index contributed by atoms with van der Waals surface area (Å²) >= 11 is 11.5. The van der Waals surface area contributed by atoms with Gasteiger partial charge in [0.1, 0.15) is 0 Å². The number of benzene rings is 1. The van der Waals surface area contributed by atoms with Crippen molar-refractivity contribution in [1.82, 2.24) is 4.72 Å². The van der Waals surface area contributed by atoms with Crippen LogP contribution in [0.1, 0.15) is 25.3 Å². The predicted molar refractivity (Wildman–Crippen MR) is 81.6 cm³/mol. The molecule has 0 spiro atoms. The van der Waals surface area contributed by atoms with E-state index in [9.17, 15) is 8.42 Å². The van der Waals surface area contributed by atoms with Gasteiger partial charge in [-0.2, -0.15) is 0 Å². The molecule has 0 bridgehead atoms. The molecule has 0 aliphatic rings. The molecule has 1 atom stereocenters. The first-order valence-corrected chi connectivity index (χ1v) is 8.72. The third-order valence-electron chi connectivity index (χ3n) is 2.83. The van der Waals surface area contributed by atoms with E-state index in [0.717, 1.165) is 5.56 Å². The number of rotatable bonds is 7. The molecule has 3 nitrogen and oxygen atoms in total. The van der Waals surface area contributed by atoms with Crippen molar-refractivity contribution in [2.45, 2.75) is 25.3 Å². The summed E-state index contributed by atoms with van der Waals surface area (Å²) in [5.74, 6) is 0.194. The quantitative estimate of drug-likeness (QED) is 0.784. The van der Waals surface area contributed by atoms with Crippen LogP contribution in [0.25, 0.3) is 0 Å². The van der Waals surface area contributed by atoms with Gasteiger partial charge in [-0.05, 0) is 18.4 Å². The molecule has 0 saturated carbocycles. The van der Waals surface area contributed by atoms with Gasteiger partial charge in [0.25, 0.3) is 0 Å². The Hall–Kier alpha value is -0.290. The number of alkyl halides is 2. The Kier molecular flexibility index (Phi) is 6.12. The molecule has 1 rings (SSSR count). The zero-order chi connectivity index (χ0) is 14.5. The largest absolute Gasteiger partial charge is 0.212 e. The zero-order valence-corrected chi connectivity index (χ0v) is 13.4. The fraction of sp³-hybridized carbons (Fsp3) is 0.538. The highest BCUT2D eigenvalue weighted by Crippen LogP contribution is 2.18. The lowest BCUT2D eigenvalue weighted by Crippen LogP contribution is -2.50. The van der Waals surface area contributed by atoms with Gasteiger partial charge < -0.3 is 0 Å². The number of hydrogen-bond acceptors (Lipinski definition) is 2. The molecule has 108 valence electrons. The summed E-state index contributed by atoms with van der Waals surface area (Å²) in [5.41, 5.74) is 0.185. The first-order chi connectivity index (χ1) is 8.82. The topological polar surface area (TPSA) is 46.2 Å².